The average molecular weight is 213 g/mol. The van der Waals surface area contributed by atoms with Crippen molar-refractivity contribution in [1.29, 1.82) is 0 Å². The lowest BCUT2D eigenvalue weighted by atomic mass is 9.89. The Balaban J connectivity index is 2.77. The molecule has 1 rings (SSSR count). The highest BCUT2D eigenvalue weighted by Gasteiger charge is 2.39. The summed E-state index contributed by atoms with van der Waals surface area (Å²) in [6.07, 6.45) is 6.54. The van der Waals surface area contributed by atoms with E-state index in [0.717, 1.165) is 25.7 Å². The number of carbonyl (C=O) groups excluding carboxylic acids is 1. The van der Waals surface area contributed by atoms with Crippen molar-refractivity contribution in [3.05, 3.63) is 0 Å². The van der Waals surface area contributed by atoms with Gasteiger partial charge >= 0.3 is 5.97 Å². The van der Waals surface area contributed by atoms with Gasteiger partial charge in [0, 0.05) is 6.04 Å². The molecule has 0 saturated heterocycles. The molecule has 0 spiro atoms. The second-order valence-electron chi connectivity index (χ2n) is 4.79. The van der Waals surface area contributed by atoms with Gasteiger partial charge in [0.25, 0.3) is 0 Å². The lowest BCUT2D eigenvalue weighted by Crippen LogP contribution is -2.54. The maximum atomic E-state index is 11.9. The number of carbonyl (C=O) groups is 1. The Morgan fingerprint density at radius 2 is 1.73 bits per heavy atom. The monoisotopic (exact) mass is 213 g/mol. The van der Waals surface area contributed by atoms with E-state index in [0.29, 0.717) is 6.04 Å². The van der Waals surface area contributed by atoms with Gasteiger partial charge in [-0.1, -0.05) is 25.7 Å². The van der Waals surface area contributed by atoms with Gasteiger partial charge in [-0.15, -0.1) is 0 Å². The first kappa shape index (κ1) is 12.5. The highest BCUT2D eigenvalue weighted by molar-refractivity contribution is 5.80. The number of rotatable bonds is 3. The molecular formula is C12H23NO2. The highest BCUT2D eigenvalue weighted by Crippen LogP contribution is 2.28. The zero-order valence-corrected chi connectivity index (χ0v) is 10.1. The molecule has 1 aliphatic rings. The van der Waals surface area contributed by atoms with Gasteiger partial charge in [-0.2, -0.15) is 0 Å². The number of methoxy groups -OCH3 is 1. The maximum absolute atomic E-state index is 11.9. The summed E-state index contributed by atoms with van der Waals surface area (Å²) in [5.74, 6) is -0.0851. The van der Waals surface area contributed by atoms with Crippen LogP contribution >= 0.6 is 0 Å². The Hall–Kier alpha value is -0.570. The van der Waals surface area contributed by atoms with Crippen molar-refractivity contribution in [1.82, 2.24) is 5.32 Å². The average Bonchev–Trinajstić information content (AvgIpc) is 2.42. The molecule has 0 heterocycles. The molecule has 1 N–H and O–H groups in total. The van der Waals surface area contributed by atoms with E-state index in [-0.39, 0.29) is 5.97 Å². The van der Waals surface area contributed by atoms with Crippen LogP contribution in [0.15, 0.2) is 0 Å². The summed E-state index contributed by atoms with van der Waals surface area (Å²) >= 11 is 0. The molecule has 0 atom stereocenters. The predicted molar refractivity (Wildman–Crippen MR) is 60.7 cm³/mol. The molecule has 0 amide bonds. The molecule has 0 aromatic heterocycles. The van der Waals surface area contributed by atoms with Crippen LogP contribution in [0.25, 0.3) is 0 Å². The van der Waals surface area contributed by atoms with Crippen LogP contribution in [0.2, 0.25) is 0 Å². The van der Waals surface area contributed by atoms with Crippen molar-refractivity contribution in [2.75, 3.05) is 7.11 Å². The summed E-state index contributed by atoms with van der Waals surface area (Å²) in [6, 6.07) is 0.321. The molecule has 0 unspecified atom stereocenters. The Bertz CT molecular complexity index is 206. The summed E-state index contributed by atoms with van der Waals surface area (Å²) in [7, 11) is 1.48. The van der Waals surface area contributed by atoms with Crippen molar-refractivity contribution < 1.29 is 9.53 Å². The molecule has 1 saturated carbocycles. The van der Waals surface area contributed by atoms with Crippen LogP contribution < -0.4 is 5.32 Å². The lowest BCUT2D eigenvalue weighted by Gasteiger charge is -2.33. The molecular weight excluding hydrogens is 190 g/mol. The zero-order valence-electron chi connectivity index (χ0n) is 10.1. The summed E-state index contributed by atoms with van der Waals surface area (Å²) in [5, 5.41) is 3.41. The van der Waals surface area contributed by atoms with Crippen LogP contribution in [-0.2, 0) is 9.53 Å². The van der Waals surface area contributed by atoms with Crippen LogP contribution in [0.1, 0.15) is 52.4 Å². The van der Waals surface area contributed by atoms with E-state index in [1.807, 2.05) is 0 Å². The first-order chi connectivity index (χ1) is 7.10. The predicted octanol–water partition coefficient (Wildman–Crippen LogP) is 2.25. The first-order valence-electron chi connectivity index (χ1n) is 5.97. The van der Waals surface area contributed by atoms with Crippen LogP contribution in [-0.4, -0.2) is 24.7 Å². The van der Waals surface area contributed by atoms with E-state index in [1.165, 1.54) is 20.0 Å². The van der Waals surface area contributed by atoms with Crippen molar-refractivity contribution in [3.8, 4) is 0 Å². The lowest BCUT2D eigenvalue weighted by molar-refractivity contribution is -0.149. The number of hydrogen-bond donors (Lipinski definition) is 1. The highest BCUT2D eigenvalue weighted by atomic mass is 16.5. The first-order valence-corrected chi connectivity index (χ1v) is 5.97. The number of esters is 1. The molecule has 0 aromatic carbocycles. The smallest absolute Gasteiger partial charge is 0.326 e. The van der Waals surface area contributed by atoms with Crippen molar-refractivity contribution in [2.45, 2.75) is 64.0 Å². The molecule has 0 aliphatic heterocycles. The third kappa shape index (κ3) is 3.20. The fourth-order valence-electron chi connectivity index (χ4n) is 2.49. The SMILES string of the molecule is COC(=O)C1(NC(C)C)CCCCCC1. The fourth-order valence-corrected chi connectivity index (χ4v) is 2.49. The zero-order chi connectivity index (χ0) is 11.3. The Morgan fingerprint density at radius 1 is 1.20 bits per heavy atom. The molecule has 1 aliphatic carbocycles. The fraction of sp³-hybridized carbons (Fsp3) is 0.917. The van der Waals surface area contributed by atoms with Gasteiger partial charge in [0.2, 0.25) is 0 Å². The van der Waals surface area contributed by atoms with Gasteiger partial charge < -0.3 is 4.74 Å². The van der Waals surface area contributed by atoms with Gasteiger partial charge in [0.15, 0.2) is 0 Å². The second-order valence-corrected chi connectivity index (χ2v) is 4.79. The summed E-state index contributed by atoms with van der Waals surface area (Å²) in [5.41, 5.74) is -0.417. The molecule has 0 radical (unpaired) electrons. The van der Waals surface area contributed by atoms with E-state index in [4.69, 9.17) is 4.74 Å². The largest absolute Gasteiger partial charge is 0.468 e. The molecule has 3 nitrogen and oxygen atoms in total. The Morgan fingerprint density at radius 3 is 2.13 bits per heavy atom. The van der Waals surface area contributed by atoms with Crippen LogP contribution in [0.4, 0.5) is 0 Å². The topological polar surface area (TPSA) is 38.3 Å². The second kappa shape index (κ2) is 5.50. The van der Waals surface area contributed by atoms with E-state index < -0.39 is 5.54 Å². The third-order valence-corrected chi connectivity index (χ3v) is 3.10. The number of ether oxygens (including phenoxy) is 1. The van der Waals surface area contributed by atoms with E-state index in [9.17, 15) is 4.79 Å². The van der Waals surface area contributed by atoms with Gasteiger partial charge in [-0.3, -0.25) is 10.1 Å². The minimum Gasteiger partial charge on any atom is -0.468 e. The summed E-state index contributed by atoms with van der Waals surface area (Å²) < 4.78 is 4.95. The third-order valence-electron chi connectivity index (χ3n) is 3.10. The summed E-state index contributed by atoms with van der Waals surface area (Å²) in [6.45, 7) is 4.16. The standard InChI is InChI=1S/C12H23NO2/c1-10(2)13-12(11(14)15-3)8-6-4-5-7-9-12/h10,13H,4-9H2,1-3H3. The number of nitrogens with one attached hydrogen (secondary N) is 1. The molecule has 1 fully saturated rings. The van der Waals surface area contributed by atoms with Gasteiger partial charge in [0.05, 0.1) is 7.11 Å². The Labute approximate surface area is 92.6 Å². The molecule has 0 aromatic rings. The minimum atomic E-state index is -0.417. The van der Waals surface area contributed by atoms with Crippen LogP contribution in [0.3, 0.4) is 0 Å². The normalized spacial score (nSPS) is 21.1. The van der Waals surface area contributed by atoms with Gasteiger partial charge in [-0.05, 0) is 26.7 Å². The van der Waals surface area contributed by atoms with Crippen LogP contribution in [0, 0.1) is 0 Å². The maximum Gasteiger partial charge on any atom is 0.326 e. The minimum absolute atomic E-state index is 0.0851. The van der Waals surface area contributed by atoms with Crippen molar-refractivity contribution >= 4 is 5.97 Å². The van der Waals surface area contributed by atoms with Crippen molar-refractivity contribution in [2.24, 2.45) is 0 Å². The Kier molecular flexibility index (Phi) is 4.58. The molecule has 15 heavy (non-hydrogen) atoms. The molecule has 3 heteroatoms. The number of hydrogen-bond acceptors (Lipinski definition) is 3. The molecule has 0 bridgehead atoms. The van der Waals surface area contributed by atoms with E-state index >= 15 is 0 Å². The van der Waals surface area contributed by atoms with E-state index in [1.54, 1.807) is 0 Å². The van der Waals surface area contributed by atoms with Gasteiger partial charge in [0.1, 0.15) is 5.54 Å². The summed E-state index contributed by atoms with van der Waals surface area (Å²) in [4.78, 5) is 11.9. The quantitative estimate of drug-likeness (QED) is 0.577. The van der Waals surface area contributed by atoms with Crippen molar-refractivity contribution in [3.63, 3.8) is 0 Å². The van der Waals surface area contributed by atoms with Gasteiger partial charge in [-0.25, -0.2) is 0 Å². The van der Waals surface area contributed by atoms with E-state index in [2.05, 4.69) is 19.2 Å². The molecule has 88 valence electrons. The van der Waals surface area contributed by atoms with Crippen LogP contribution in [0.5, 0.6) is 0 Å².